The molecule has 0 spiro atoms. The van der Waals surface area contributed by atoms with Gasteiger partial charge in [0.25, 0.3) is 5.91 Å². The van der Waals surface area contributed by atoms with Gasteiger partial charge in [0.1, 0.15) is 11.6 Å². The van der Waals surface area contributed by atoms with Gasteiger partial charge in [0, 0.05) is 32.7 Å². The summed E-state index contributed by atoms with van der Waals surface area (Å²) in [6, 6.07) is 15.3. The average Bonchev–Trinajstić information content (AvgIpc) is 2.68. The number of rotatable bonds is 5. The van der Waals surface area contributed by atoms with Crippen LogP contribution in [0.1, 0.15) is 11.1 Å². The highest BCUT2D eigenvalue weighted by Crippen LogP contribution is 2.13. The second kappa shape index (κ2) is 8.45. The van der Waals surface area contributed by atoms with Crippen LogP contribution < -0.4 is 4.74 Å². The van der Waals surface area contributed by atoms with E-state index < -0.39 is 0 Å². The molecule has 2 aromatic rings. The van der Waals surface area contributed by atoms with E-state index in [1.807, 2.05) is 24.3 Å². The number of carbonyl (C=O) groups excluding carboxylic acids is 1. The van der Waals surface area contributed by atoms with E-state index >= 15 is 0 Å². The summed E-state index contributed by atoms with van der Waals surface area (Å²) in [5.41, 5.74) is 1.81. The molecule has 2 aromatic carbocycles. The number of amides is 1. The Hall–Kier alpha value is -2.91. The first kappa shape index (κ1) is 17.9. The van der Waals surface area contributed by atoms with Crippen molar-refractivity contribution in [2.75, 3.05) is 32.8 Å². The van der Waals surface area contributed by atoms with Crippen LogP contribution in [0.2, 0.25) is 0 Å². The van der Waals surface area contributed by atoms with Crippen molar-refractivity contribution < 1.29 is 13.9 Å². The lowest BCUT2D eigenvalue weighted by molar-refractivity contribution is -0.135. The van der Waals surface area contributed by atoms with Crippen molar-refractivity contribution in [1.82, 2.24) is 9.80 Å². The standard InChI is InChI=1S/C20H20FN3O2/c21-18-5-7-19(8-6-18)26-15-20(25)24-11-9-23(10-12-24)14-17-3-1-16(13-22)2-4-17/h1-8H,9-12,14-15H2. The quantitative estimate of drug-likeness (QED) is 0.828. The zero-order chi connectivity index (χ0) is 18.4. The van der Waals surface area contributed by atoms with Gasteiger partial charge in [-0.05, 0) is 42.0 Å². The minimum atomic E-state index is -0.331. The van der Waals surface area contributed by atoms with Crippen LogP contribution in [0.15, 0.2) is 48.5 Å². The van der Waals surface area contributed by atoms with Crippen molar-refractivity contribution in [1.29, 1.82) is 5.26 Å². The van der Waals surface area contributed by atoms with Gasteiger partial charge in [0.2, 0.25) is 0 Å². The fourth-order valence-corrected chi connectivity index (χ4v) is 2.87. The van der Waals surface area contributed by atoms with Gasteiger partial charge in [-0.1, -0.05) is 12.1 Å². The Kier molecular flexibility index (Phi) is 5.82. The molecule has 1 amide bonds. The Morgan fingerprint density at radius 3 is 2.31 bits per heavy atom. The molecule has 0 aliphatic carbocycles. The maximum absolute atomic E-state index is 12.9. The second-order valence-electron chi connectivity index (χ2n) is 6.21. The third-order valence-electron chi connectivity index (χ3n) is 4.39. The Bertz CT molecular complexity index is 776. The zero-order valence-corrected chi connectivity index (χ0v) is 14.4. The number of hydrogen-bond acceptors (Lipinski definition) is 4. The van der Waals surface area contributed by atoms with Crippen LogP contribution in [0.4, 0.5) is 4.39 Å². The molecule has 0 atom stereocenters. The maximum Gasteiger partial charge on any atom is 0.260 e. The number of carbonyl (C=O) groups is 1. The molecular formula is C20H20FN3O2. The van der Waals surface area contributed by atoms with Crippen LogP contribution in [0.5, 0.6) is 5.75 Å². The minimum absolute atomic E-state index is 0.0404. The molecule has 1 saturated heterocycles. The van der Waals surface area contributed by atoms with E-state index in [0.717, 1.165) is 25.2 Å². The molecule has 0 radical (unpaired) electrons. The third kappa shape index (κ3) is 4.80. The van der Waals surface area contributed by atoms with E-state index in [1.165, 1.54) is 24.3 Å². The molecule has 3 rings (SSSR count). The molecule has 0 aromatic heterocycles. The summed E-state index contributed by atoms with van der Waals surface area (Å²) in [6.45, 7) is 3.66. The van der Waals surface area contributed by atoms with Gasteiger partial charge >= 0.3 is 0 Å². The van der Waals surface area contributed by atoms with Crippen LogP contribution in [-0.4, -0.2) is 48.5 Å². The van der Waals surface area contributed by atoms with Crippen LogP contribution >= 0.6 is 0 Å². The molecular weight excluding hydrogens is 333 g/mol. The SMILES string of the molecule is N#Cc1ccc(CN2CCN(C(=O)COc3ccc(F)cc3)CC2)cc1. The van der Waals surface area contributed by atoms with E-state index in [1.54, 1.807) is 4.90 Å². The number of piperazine rings is 1. The Balaban J connectivity index is 1.43. The zero-order valence-electron chi connectivity index (χ0n) is 14.4. The van der Waals surface area contributed by atoms with E-state index in [0.29, 0.717) is 24.4 Å². The largest absolute Gasteiger partial charge is 0.484 e. The fraction of sp³-hybridized carbons (Fsp3) is 0.300. The highest BCUT2D eigenvalue weighted by molar-refractivity contribution is 5.77. The molecule has 1 heterocycles. The Labute approximate surface area is 152 Å². The average molecular weight is 353 g/mol. The summed E-state index contributed by atoms with van der Waals surface area (Å²) in [5, 5.41) is 8.83. The van der Waals surface area contributed by atoms with E-state index in [4.69, 9.17) is 10.00 Å². The molecule has 1 aliphatic heterocycles. The number of ether oxygens (including phenoxy) is 1. The van der Waals surface area contributed by atoms with Crippen LogP contribution in [0.25, 0.3) is 0 Å². The molecule has 1 fully saturated rings. The summed E-state index contributed by atoms with van der Waals surface area (Å²) in [5.74, 6) is 0.0913. The summed E-state index contributed by atoms with van der Waals surface area (Å²) in [4.78, 5) is 16.3. The number of halogens is 1. The lowest BCUT2D eigenvalue weighted by Gasteiger charge is -2.34. The smallest absolute Gasteiger partial charge is 0.260 e. The van der Waals surface area contributed by atoms with E-state index in [2.05, 4.69) is 11.0 Å². The van der Waals surface area contributed by atoms with Gasteiger partial charge in [-0.3, -0.25) is 9.69 Å². The van der Waals surface area contributed by atoms with E-state index in [9.17, 15) is 9.18 Å². The number of nitrogens with zero attached hydrogens (tertiary/aromatic N) is 3. The van der Waals surface area contributed by atoms with Gasteiger partial charge in [-0.15, -0.1) is 0 Å². The van der Waals surface area contributed by atoms with Gasteiger partial charge in [0.15, 0.2) is 6.61 Å². The maximum atomic E-state index is 12.9. The molecule has 1 aliphatic rings. The minimum Gasteiger partial charge on any atom is -0.484 e. The first-order chi connectivity index (χ1) is 12.6. The molecule has 0 saturated carbocycles. The molecule has 0 unspecified atom stereocenters. The first-order valence-corrected chi connectivity index (χ1v) is 8.51. The van der Waals surface area contributed by atoms with Crippen molar-refractivity contribution >= 4 is 5.91 Å². The molecule has 134 valence electrons. The van der Waals surface area contributed by atoms with E-state index in [-0.39, 0.29) is 18.3 Å². The highest BCUT2D eigenvalue weighted by atomic mass is 19.1. The van der Waals surface area contributed by atoms with Crippen molar-refractivity contribution in [3.05, 3.63) is 65.5 Å². The highest BCUT2D eigenvalue weighted by Gasteiger charge is 2.21. The first-order valence-electron chi connectivity index (χ1n) is 8.51. The summed E-state index contributed by atoms with van der Waals surface area (Å²) in [6.07, 6.45) is 0. The lowest BCUT2D eigenvalue weighted by Crippen LogP contribution is -2.49. The summed E-state index contributed by atoms with van der Waals surface area (Å²) < 4.78 is 18.3. The lowest BCUT2D eigenvalue weighted by atomic mass is 10.1. The van der Waals surface area contributed by atoms with Crippen molar-refractivity contribution in [2.45, 2.75) is 6.54 Å². The topological polar surface area (TPSA) is 56.6 Å². The van der Waals surface area contributed by atoms with Crippen molar-refractivity contribution in [3.8, 4) is 11.8 Å². The molecule has 0 N–H and O–H groups in total. The molecule has 5 nitrogen and oxygen atoms in total. The van der Waals surface area contributed by atoms with Crippen molar-refractivity contribution in [3.63, 3.8) is 0 Å². The summed E-state index contributed by atoms with van der Waals surface area (Å²) >= 11 is 0. The normalized spacial score (nSPS) is 14.7. The Morgan fingerprint density at radius 1 is 1.04 bits per heavy atom. The second-order valence-corrected chi connectivity index (χ2v) is 6.21. The monoisotopic (exact) mass is 353 g/mol. The third-order valence-corrected chi connectivity index (χ3v) is 4.39. The Morgan fingerprint density at radius 2 is 1.69 bits per heavy atom. The van der Waals surface area contributed by atoms with Gasteiger partial charge < -0.3 is 9.64 Å². The predicted octanol–water partition coefficient (Wildman–Crippen LogP) is 2.42. The predicted molar refractivity (Wildman–Crippen MR) is 94.9 cm³/mol. The van der Waals surface area contributed by atoms with Gasteiger partial charge in [-0.2, -0.15) is 5.26 Å². The molecule has 26 heavy (non-hydrogen) atoms. The molecule has 6 heteroatoms. The van der Waals surface area contributed by atoms with Crippen LogP contribution in [0.3, 0.4) is 0 Å². The van der Waals surface area contributed by atoms with Crippen molar-refractivity contribution in [2.24, 2.45) is 0 Å². The van der Waals surface area contributed by atoms with Gasteiger partial charge in [0.05, 0.1) is 11.6 Å². The van der Waals surface area contributed by atoms with Crippen LogP contribution in [-0.2, 0) is 11.3 Å². The number of hydrogen-bond donors (Lipinski definition) is 0. The number of nitriles is 1. The summed E-state index contributed by atoms with van der Waals surface area (Å²) in [7, 11) is 0. The van der Waals surface area contributed by atoms with Gasteiger partial charge in [-0.25, -0.2) is 4.39 Å². The van der Waals surface area contributed by atoms with Crippen LogP contribution in [0, 0.1) is 17.1 Å². The number of benzene rings is 2. The molecule has 0 bridgehead atoms. The fourth-order valence-electron chi connectivity index (χ4n) is 2.87.